The van der Waals surface area contributed by atoms with E-state index in [1.54, 1.807) is 24.3 Å². The molecule has 0 aliphatic rings. The normalized spacial score (nSPS) is 11.0. The lowest BCUT2D eigenvalue weighted by Gasteiger charge is -2.08. The summed E-state index contributed by atoms with van der Waals surface area (Å²) in [6.07, 6.45) is 2.10. The average Bonchev–Trinajstić information content (AvgIpc) is 2.71. The zero-order valence-electron chi connectivity index (χ0n) is 16.4. The van der Waals surface area contributed by atoms with Crippen LogP contribution in [-0.2, 0) is 20.6 Å². The van der Waals surface area contributed by atoms with Crippen LogP contribution in [0.1, 0.15) is 28.8 Å². The van der Waals surface area contributed by atoms with Gasteiger partial charge in [-0.15, -0.1) is 6.58 Å². The summed E-state index contributed by atoms with van der Waals surface area (Å²) in [5, 5.41) is 5.39. The van der Waals surface area contributed by atoms with Crippen LogP contribution >= 0.6 is 0 Å². The molecule has 0 unspecified atom stereocenters. The van der Waals surface area contributed by atoms with Crippen LogP contribution in [-0.4, -0.2) is 33.3 Å². The predicted molar refractivity (Wildman–Crippen MR) is 114 cm³/mol. The summed E-state index contributed by atoms with van der Waals surface area (Å²) in [4.78, 5) is 23.9. The largest absolute Gasteiger partial charge is 0.352 e. The Morgan fingerprint density at radius 3 is 2.33 bits per heavy atom. The average molecular weight is 434 g/mol. The summed E-state index contributed by atoms with van der Waals surface area (Å²) in [6, 6.07) is 11.7. The highest BCUT2D eigenvalue weighted by Gasteiger charge is 2.11. The lowest BCUT2D eigenvalue weighted by molar-refractivity contribution is -0.116. The quantitative estimate of drug-likeness (QED) is 0.374. The van der Waals surface area contributed by atoms with Gasteiger partial charge in [0.1, 0.15) is 5.82 Å². The van der Waals surface area contributed by atoms with E-state index in [0.29, 0.717) is 29.8 Å². The summed E-state index contributed by atoms with van der Waals surface area (Å²) in [5.74, 6) is -1.13. The molecule has 0 aliphatic carbocycles. The fraction of sp³-hybridized carbons (Fsp3) is 0.238. The molecule has 0 saturated carbocycles. The zero-order valence-corrected chi connectivity index (χ0v) is 17.2. The van der Waals surface area contributed by atoms with Crippen molar-refractivity contribution in [2.24, 2.45) is 0 Å². The van der Waals surface area contributed by atoms with Crippen LogP contribution < -0.4 is 15.4 Å². The van der Waals surface area contributed by atoms with E-state index in [-0.39, 0.29) is 30.5 Å². The van der Waals surface area contributed by atoms with Gasteiger partial charge in [0.2, 0.25) is 15.9 Å². The number of sulfonamides is 1. The first kappa shape index (κ1) is 23.2. The van der Waals surface area contributed by atoms with Crippen molar-refractivity contribution in [3.05, 3.63) is 78.1 Å². The Morgan fingerprint density at radius 2 is 1.70 bits per heavy atom. The van der Waals surface area contributed by atoms with E-state index in [4.69, 9.17) is 0 Å². The standard InChI is InChI=1S/C21H24FN3O4S/c1-2-13-24-30(28,29)15-16-5-11-19(12-6-16)25-20(26)4-3-14-23-21(27)17-7-9-18(22)10-8-17/h2,5-12,24H,1,3-4,13-15H2,(H,23,27)(H,25,26). The first-order chi connectivity index (χ1) is 14.3. The number of nitrogens with one attached hydrogen (secondary N) is 3. The smallest absolute Gasteiger partial charge is 0.251 e. The van der Waals surface area contributed by atoms with Crippen LogP contribution in [0.3, 0.4) is 0 Å². The number of halogens is 1. The van der Waals surface area contributed by atoms with Gasteiger partial charge in [-0.2, -0.15) is 0 Å². The molecule has 2 amide bonds. The van der Waals surface area contributed by atoms with E-state index in [1.807, 2.05) is 0 Å². The van der Waals surface area contributed by atoms with Gasteiger partial charge >= 0.3 is 0 Å². The number of carbonyl (C=O) groups excluding carboxylic acids is 2. The second-order valence-electron chi connectivity index (χ2n) is 6.51. The SMILES string of the molecule is C=CCNS(=O)(=O)Cc1ccc(NC(=O)CCCNC(=O)c2ccc(F)cc2)cc1. The Balaban J connectivity index is 1.72. The molecule has 0 atom stereocenters. The molecule has 0 bridgehead atoms. The second kappa shape index (κ2) is 11.2. The van der Waals surface area contributed by atoms with Crippen molar-refractivity contribution in [1.29, 1.82) is 0 Å². The highest BCUT2D eigenvalue weighted by molar-refractivity contribution is 7.88. The van der Waals surface area contributed by atoms with Crippen molar-refractivity contribution in [3.63, 3.8) is 0 Å². The molecule has 0 aromatic heterocycles. The van der Waals surface area contributed by atoms with E-state index in [2.05, 4.69) is 21.9 Å². The minimum absolute atomic E-state index is 0.164. The molecule has 2 aromatic carbocycles. The molecule has 0 heterocycles. The van der Waals surface area contributed by atoms with Crippen molar-refractivity contribution in [2.75, 3.05) is 18.4 Å². The lowest BCUT2D eigenvalue weighted by atomic mass is 10.2. The Hall–Kier alpha value is -3.04. The van der Waals surface area contributed by atoms with Crippen molar-refractivity contribution >= 4 is 27.5 Å². The van der Waals surface area contributed by atoms with Gasteiger partial charge in [-0.3, -0.25) is 9.59 Å². The molecule has 160 valence electrons. The minimum Gasteiger partial charge on any atom is -0.352 e. The van der Waals surface area contributed by atoms with Gasteiger partial charge in [-0.1, -0.05) is 18.2 Å². The third-order valence-electron chi connectivity index (χ3n) is 4.01. The lowest BCUT2D eigenvalue weighted by Crippen LogP contribution is -2.25. The topological polar surface area (TPSA) is 104 Å². The molecule has 2 aromatic rings. The van der Waals surface area contributed by atoms with Gasteiger partial charge < -0.3 is 10.6 Å². The Morgan fingerprint density at radius 1 is 1.03 bits per heavy atom. The molecular weight excluding hydrogens is 409 g/mol. The highest BCUT2D eigenvalue weighted by Crippen LogP contribution is 2.12. The zero-order chi connectivity index (χ0) is 22.0. The second-order valence-corrected chi connectivity index (χ2v) is 8.31. The molecule has 9 heteroatoms. The predicted octanol–water partition coefficient (Wildman–Crippen LogP) is 2.58. The highest BCUT2D eigenvalue weighted by atomic mass is 32.2. The van der Waals surface area contributed by atoms with Crippen LogP contribution in [0.4, 0.5) is 10.1 Å². The van der Waals surface area contributed by atoms with Crippen molar-refractivity contribution in [3.8, 4) is 0 Å². The van der Waals surface area contributed by atoms with E-state index in [9.17, 15) is 22.4 Å². The molecule has 0 fully saturated rings. The molecule has 2 rings (SSSR count). The van der Waals surface area contributed by atoms with E-state index in [0.717, 1.165) is 0 Å². The number of rotatable bonds is 11. The van der Waals surface area contributed by atoms with Crippen LogP contribution in [0.5, 0.6) is 0 Å². The third kappa shape index (κ3) is 8.14. The summed E-state index contributed by atoms with van der Waals surface area (Å²) in [6.45, 7) is 3.93. The summed E-state index contributed by atoms with van der Waals surface area (Å²) in [5.41, 5.74) is 1.49. The Bertz CT molecular complexity index is 974. The van der Waals surface area contributed by atoms with Gasteiger partial charge in [0.15, 0.2) is 0 Å². The molecule has 3 N–H and O–H groups in total. The van der Waals surface area contributed by atoms with Gasteiger partial charge in [0, 0.05) is 30.8 Å². The van der Waals surface area contributed by atoms with Gasteiger partial charge in [-0.05, 0) is 48.4 Å². The Kier molecular flexibility index (Phi) is 8.70. The van der Waals surface area contributed by atoms with Gasteiger partial charge in [-0.25, -0.2) is 17.5 Å². The third-order valence-corrected chi connectivity index (χ3v) is 5.33. The number of amides is 2. The number of carbonyl (C=O) groups is 2. The van der Waals surface area contributed by atoms with Crippen LogP contribution in [0.25, 0.3) is 0 Å². The minimum atomic E-state index is -3.44. The molecule has 0 saturated heterocycles. The van der Waals surface area contributed by atoms with Crippen LogP contribution in [0.2, 0.25) is 0 Å². The van der Waals surface area contributed by atoms with Gasteiger partial charge in [0.25, 0.3) is 5.91 Å². The summed E-state index contributed by atoms with van der Waals surface area (Å²) < 4.78 is 38.9. The first-order valence-electron chi connectivity index (χ1n) is 9.30. The molecule has 0 spiro atoms. The number of anilines is 1. The number of hydrogen-bond donors (Lipinski definition) is 3. The number of benzene rings is 2. The van der Waals surface area contributed by atoms with E-state index < -0.39 is 15.8 Å². The van der Waals surface area contributed by atoms with Crippen molar-refractivity contribution < 1.29 is 22.4 Å². The maximum Gasteiger partial charge on any atom is 0.251 e. The van der Waals surface area contributed by atoms with E-state index >= 15 is 0 Å². The summed E-state index contributed by atoms with van der Waals surface area (Å²) in [7, 11) is -3.44. The summed E-state index contributed by atoms with van der Waals surface area (Å²) >= 11 is 0. The number of hydrogen-bond acceptors (Lipinski definition) is 4. The molecule has 30 heavy (non-hydrogen) atoms. The van der Waals surface area contributed by atoms with E-state index in [1.165, 1.54) is 30.3 Å². The fourth-order valence-corrected chi connectivity index (χ4v) is 3.62. The van der Waals surface area contributed by atoms with Gasteiger partial charge in [0.05, 0.1) is 5.75 Å². The van der Waals surface area contributed by atoms with Crippen molar-refractivity contribution in [2.45, 2.75) is 18.6 Å². The maximum atomic E-state index is 12.9. The maximum absolute atomic E-state index is 12.9. The monoisotopic (exact) mass is 433 g/mol. The van der Waals surface area contributed by atoms with Crippen LogP contribution in [0.15, 0.2) is 61.2 Å². The molecule has 0 radical (unpaired) electrons. The molecule has 0 aliphatic heterocycles. The first-order valence-corrected chi connectivity index (χ1v) is 10.9. The van der Waals surface area contributed by atoms with Crippen molar-refractivity contribution in [1.82, 2.24) is 10.0 Å². The molecule has 7 nitrogen and oxygen atoms in total. The fourth-order valence-electron chi connectivity index (χ4n) is 2.52. The molecular formula is C21H24FN3O4S. The van der Waals surface area contributed by atoms with Crippen LogP contribution in [0, 0.1) is 5.82 Å². The Labute approximate surface area is 175 Å².